The number of aryl methyl sites for hydroxylation is 1. The molecule has 0 saturated heterocycles. The van der Waals surface area contributed by atoms with Crippen LogP contribution in [0.3, 0.4) is 0 Å². The molecule has 25 heavy (non-hydrogen) atoms. The quantitative estimate of drug-likeness (QED) is 0.556. The highest BCUT2D eigenvalue weighted by atomic mass is 32.1. The number of rotatable bonds is 8. The maximum absolute atomic E-state index is 13.3. The minimum Gasteiger partial charge on any atom is -0.489 e. The summed E-state index contributed by atoms with van der Waals surface area (Å²) >= 11 is 1.65. The van der Waals surface area contributed by atoms with E-state index in [2.05, 4.69) is 20.6 Å². The van der Waals surface area contributed by atoms with Gasteiger partial charge in [0.2, 0.25) is 0 Å². The predicted molar refractivity (Wildman–Crippen MR) is 101 cm³/mol. The van der Waals surface area contributed by atoms with Crippen molar-refractivity contribution < 1.29 is 9.13 Å². The minimum atomic E-state index is -0.296. The lowest BCUT2D eigenvalue weighted by molar-refractivity contribution is 0.198. The Bertz CT molecular complexity index is 689. The summed E-state index contributed by atoms with van der Waals surface area (Å²) < 4.78 is 19.1. The number of nitrogens with one attached hydrogen (secondary N) is 2. The van der Waals surface area contributed by atoms with Crippen LogP contribution in [0.15, 0.2) is 35.5 Å². The zero-order valence-corrected chi connectivity index (χ0v) is 15.7. The van der Waals surface area contributed by atoms with Crippen LogP contribution in [0.2, 0.25) is 0 Å². The van der Waals surface area contributed by atoms with Crippen LogP contribution >= 0.6 is 11.3 Å². The third-order valence-electron chi connectivity index (χ3n) is 3.46. The standard InChI is InChI=1S/C18H25FN4OS/c1-4-15(24-16-8-6-7-14(19)9-16)10-22-18(20-5-2)23-12-17-11-21-13(3)25-17/h6-9,11,15H,4-5,10,12H2,1-3H3,(H2,20,22,23). The number of hydrogen-bond donors (Lipinski definition) is 2. The molecule has 0 fully saturated rings. The van der Waals surface area contributed by atoms with E-state index in [1.165, 1.54) is 12.1 Å². The van der Waals surface area contributed by atoms with Gasteiger partial charge in [0, 0.05) is 23.7 Å². The number of halogens is 1. The van der Waals surface area contributed by atoms with Crippen LogP contribution in [-0.2, 0) is 6.54 Å². The van der Waals surface area contributed by atoms with E-state index in [1.807, 2.05) is 27.0 Å². The van der Waals surface area contributed by atoms with Crippen LogP contribution in [-0.4, -0.2) is 30.1 Å². The molecule has 0 saturated carbocycles. The van der Waals surface area contributed by atoms with E-state index in [4.69, 9.17) is 4.74 Å². The molecule has 2 aromatic rings. The predicted octanol–water partition coefficient (Wildman–Crippen LogP) is 3.50. The molecular weight excluding hydrogens is 339 g/mol. The molecule has 136 valence electrons. The van der Waals surface area contributed by atoms with Crippen LogP contribution in [0.5, 0.6) is 5.75 Å². The zero-order chi connectivity index (χ0) is 18.1. The Morgan fingerprint density at radius 1 is 1.36 bits per heavy atom. The third kappa shape index (κ3) is 6.70. The Balaban J connectivity index is 1.91. The van der Waals surface area contributed by atoms with Crippen molar-refractivity contribution in [1.82, 2.24) is 15.6 Å². The molecule has 0 radical (unpaired) electrons. The number of nitrogens with zero attached hydrogens (tertiary/aromatic N) is 2. The Hall–Kier alpha value is -2.15. The smallest absolute Gasteiger partial charge is 0.191 e. The SMILES string of the molecule is CCNC(=NCc1cnc(C)s1)NCC(CC)Oc1cccc(F)c1. The normalized spacial score (nSPS) is 12.7. The summed E-state index contributed by atoms with van der Waals surface area (Å²) in [6.07, 6.45) is 2.59. The third-order valence-corrected chi connectivity index (χ3v) is 4.36. The molecule has 0 aliphatic heterocycles. The van der Waals surface area contributed by atoms with Gasteiger partial charge >= 0.3 is 0 Å². The second-order valence-corrected chi connectivity index (χ2v) is 6.85. The van der Waals surface area contributed by atoms with Crippen molar-refractivity contribution in [3.8, 4) is 5.75 Å². The summed E-state index contributed by atoms with van der Waals surface area (Å²) in [5, 5.41) is 7.55. The molecule has 1 unspecified atom stereocenters. The minimum absolute atomic E-state index is 0.0729. The summed E-state index contributed by atoms with van der Waals surface area (Å²) in [6.45, 7) is 7.99. The maximum Gasteiger partial charge on any atom is 0.191 e. The topological polar surface area (TPSA) is 58.5 Å². The first-order valence-corrected chi connectivity index (χ1v) is 9.28. The van der Waals surface area contributed by atoms with Gasteiger partial charge in [0.1, 0.15) is 17.7 Å². The number of guanidine groups is 1. The fourth-order valence-electron chi connectivity index (χ4n) is 2.19. The van der Waals surface area contributed by atoms with Crippen molar-refractivity contribution >= 4 is 17.3 Å². The molecule has 7 heteroatoms. The van der Waals surface area contributed by atoms with Crippen molar-refractivity contribution in [1.29, 1.82) is 0 Å². The number of hydrogen-bond acceptors (Lipinski definition) is 4. The molecule has 1 aromatic carbocycles. The molecule has 0 amide bonds. The van der Waals surface area contributed by atoms with E-state index < -0.39 is 0 Å². The molecule has 2 N–H and O–H groups in total. The summed E-state index contributed by atoms with van der Waals surface area (Å²) in [6, 6.07) is 6.21. The Kier molecular flexibility index (Phi) is 7.66. The van der Waals surface area contributed by atoms with Gasteiger partial charge in [-0.05, 0) is 32.4 Å². The highest BCUT2D eigenvalue weighted by molar-refractivity contribution is 7.11. The van der Waals surface area contributed by atoms with Gasteiger partial charge in [-0.15, -0.1) is 11.3 Å². The molecule has 0 spiro atoms. The van der Waals surface area contributed by atoms with Gasteiger partial charge in [-0.2, -0.15) is 0 Å². The van der Waals surface area contributed by atoms with Crippen LogP contribution in [0, 0.1) is 12.7 Å². The van der Waals surface area contributed by atoms with Gasteiger partial charge in [0.15, 0.2) is 5.96 Å². The highest BCUT2D eigenvalue weighted by Gasteiger charge is 2.10. The number of ether oxygens (including phenoxy) is 1. The van der Waals surface area contributed by atoms with Crippen molar-refractivity contribution in [3.63, 3.8) is 0 Å². The molecule has 0 aliphatic rings. The van der Waals surface area contributed by atoms with E-state index >= 15 is 0 Å². The summed E-state index contributed by atoms with van der Waals surface area (Å²) in [4.78, 5) is 9.94. The first-order valence-electron chi connectivity index (χ1n) is 8.46. The molecule has 1 aromatic heterocycles. The lowest BCUT2D eigenvalue weighted by Gasteiger charge is -2.20. The van der Waals surface area contributed by atoms with Crippen molar-refractivity contribution in [2.24, 2.45) is 4.99 Å². The first kappa shape index (κ1) is 19.2. The van der Waals surface area contributed by atoms with E-state index in [0.717, 1.165) is 28.8 Å². The monoisotopic (exact) mass is 364 g/mol. The Labute approximate surface area is 152 Å². The van der Waals surface area contributed by atoms with Gasteiger partial charge in [-0.25, -0.2) is 14.4 Å². The van der Waals surface area contributed by atoms with E-state index in [0.29, 0.717) is 18.8 Å². The zero-order valence-electron chi connectivity index (χ0n) is 14.9. The second-order valence-electron chi connectivity index (χ2n) is 5.53. The summed E-state index contributed by atoms with van der Waals surface area (Å²) in [5.41, 5.74) is 0. The average molecular weight is 364 g/mol. The van der Waals surface area contributed by atoms with Crippen LogP contribution in [0.1, 0.15) is 30.2 Å². The van der Waals surface area contributed by atoms with Crippen molar-refractivity contribution in [2.75, 3.05) is 13.1 Å². The van der Waals surface area contributed by atoms with Crippen LogP contribution < -0.4 is 15.4 Å². The highest BCUT2D eigenvalue weighted by Crippen LogP contribution is 2.15. The number of thiazole rings is 1. The van der Waals surface area contributed by atoms with Gasteiger partial charge in [0.25, 0.3) is 0 Å². The molecule has 2 rings (SSSR count). The van der Waals surface area contributed by atoms with Gasteiger partial charge in [-0.3, -0.25) is 0 Å². The van der Waals surface area contributed by atoms with Crippen LogP contribution in [0.25, 0.3) is 0 Å². The fourth-order valence-corrected chi connectivity index (χ4v) is 2.91. The van der Waals surface area contributed by atoms with Crippen molar-refractivity contribution in [2.45, 2.75) is 39.8 Å². The number of aromatic nitrogens is 1. The lowest BCUT2D eigenvalue weighted by atomic mass is 10.2. The molecule has 1 atom stereocenters. The van der Waals surface area contributed by atoms with Crippen LogP contribution in [0.4, 0.5) is 4.39 Å². The summed E-state index contributed by atoms with van der Waals surface area (Å²) in [7, 11) is 0. The van der Waals surface area contributed by atoms with E-state index in [9.17, 15) is 4.39 Å². The number of benzene rings is 1. The van der Waals surface area contributed by atoms with Gasteiger partial charge in [0.05, 0.1) is 18.1 Å². The average Bonchev–Trinajstić information content (AvgIpc) is 3.01. The number of aliphatic imine (C=N–C) groups is 1. The maximum atomic E-state index is 13.3. The fraction of sp³-hybridized carbons (Fsp3) is 0.444. The second kappa shape index (κ2) is 9.98. The first-order chi connectivity index (χ1) is 12.1. The van der Waals surface area contributed by atoms with Gasteiger partial charge < -0.3 is 15.4 Å². The molecule has 1 heterocycles. The van der Waals surface area contributed by atoms with E-state index in [1.54, 1.807) is 23.5 Å². The Morgan fingerprint density at radius 2 is 2.20 bits per heavy atom. The largest absolute Gasteiger partial charge is 0.489 e. The molecule has 0 bridgehead atoms. The molecule has 5 nitrogen and oxygen atoms in total. The van der Waals surface area contributed by atoms with Gasteiger partial charge in [-0.1, -0.05) is 13.0 Å². The summed E-state index contributed by atoms with van der Waals surface area (Å²) in [5.74, 6) is 0.973. The Morgan fingerprint density at radius 3 is 2.84 bits per heavy atom. The van der Waals surface area contributed by atoms with Crippen molar-refractivity contribution in [3.05, 3.63) is 46.2 Å². The molecule has 0 aliphatic carbocycles. The lowest BCUT2D eigenvalue weighted by Crippen LogP contribution is -2.42. The van der Waals surface area contributed by atoms with E-state index in [-0.39, 0.29) is 11.9 Å². The molecular formula is C18H25FN4OS.